The first-order valence-electron chi connectivity index (χ1n) is 12.5. The molecule has 1 aromatic carbocycles. The van der Waals surface area contributed by atoms with E-state index < -0.39 is 22.0 Å². The van der Waals surface area contributed by atoms with Crippen LogP contribution in [0.4, 0.5) is 10.5 Å². The fraction of sp³-hybridized carbons (Fsp3) is 0.385. The number of rotatable bonds is 6. The molecule has 11 heteroatoms. The standard InChI is InChI=1S/C26H31N5O4S2/c1-3-27-26(33)29-13-14-31(37(34,35)24-10-7-15-36-24)23(17-29)25(32)28-18-11-12-22-20(16-18)19-8-5-6-9-21(19)30(22)4-2/h5-11,15-16,22-23H,3-4,12-14,17H2,1-2H3,(H,27,33)(H,28,32). The van der Waals surface area contributed by atoms with Crippen molar-refractivity contribution >= 4 is 44.6 Å². The zero-order valence-corrected chi connectivity index (χ0v) is 22.5. The van der Waals surface area contributed by atoms with E-state index in [9.17, 15) is 18.0 Å². The lowest BCUT2D eigenvalue weighted by atomic mass is 9.94. The van der Waals surface area contributed by atoms with Gasteiger partial charge in [0, 0.05) is 49.7 Å². The molecule has 0 bridgehead atoms. The predicted molar refractivity (Wildman–Crippen MR) is 145 cm³/mol. The van der Waals surface area contributed by atoms with Gasteiger partial charge in [-0.25, -0.2) is 13.2 Å². The number of anilines is 1. The molecule has 3 amide bonds. The van der Waals surface area contributed by atoms with E-state index >= 15 is 0 Å². The van der Waals surface area contributed by atoms with Crippen molar-refractivity contribution in [2.45, 2.75) is 36.6 Å². The maximum Gasteiger partial charge on any atom is 0.317 e. The number of likely N-dealkylation sites (N-methyl/N-ethyl adjacent to an activating group) is 1. The van der Waals surface area contributed by atoms with Crippen LogP contribution in [0.1, 0.15) is 25.8 Å². The average Bonchev–Trinajstić information content (AvgIpc) is 3.55. The van der Waals surface area contributed by atoms with E-state index in [1.165, 1.54) is 21.0 Å². The second-order valence-corrected chi connectivity index (χ2v) is 12.2. The molecule has 2 aromatic rings. The summed E-state index contributed by atoms with van der Waals surface area (Å²) >= 11 is 1.11. The second-order valence-electron chi connectivity index (χ2n) is 9.15. The van der Waals surface area contributed by atoms with Gasteiger partial charge in [0.05, 0.1) is 6.04 Å². The number of benzene rings is 1. The van der Waals surface area contributed by atoms with Gasteiger partial charge in [-0.1, -0.05) is 30.3 Å². The lowest BCUT2D eigenvalue weighted by Crippen LogP contribution is -2.62. The number of allylic oxidation sites excluding steroid dienone is 1. The lowest BCUT2D eigenvalue weighted by Gasteiger charge is -2.39. The summed E-state index contributed by atoms with van der Waals surface area (Å²) in [5.41, 5.74) is 4.12. The molecule has 1 aromatic heterocycles. The first-order valence-corrected chi connectivity index (χ1v) is 14.8. The Labute approximate surface area is 221 Å². The van der Waals surface area contributed by atoms with Crippen LogP contribution in [0.3, 0.4) is 0 Å². The maximum atomic E-state index is 13.6. The fourth-order valence-corrected chi connectivity index (χ4v) is 8.01. The third kappa shape index (κ3) is 4.67. The molecule has 2 unspecified atom stereocenters. The number of thiophene rings is 1. The van der Waals surface area contributed by atoms with Gasteiger partial charge in [0.2, 0.25) is 5.91 Å². The van der Waals surface area contributed by atoms with Gasteiger partial charge in [0.1, 0.15) is 10.3 Å². The third-order valence-electron chi connectivity index (χ3n) is 7.05. The Hall–Kier alpha value is -3.15. The zero-order valence-electron chi connectivity index (χ0n) is 20.9. The molecular formula is C26H31N5O4S2. The Bertz CT molecular complexity index is 1350. The van der Waals surface area contributed by atoms with Crippen molar-refractivity contribution in [3.8, 4) is 0 Å². The molecule has 9 nitrogen and oxygen atoms in total. The highest BCUT2D eigenvalue weighted by atomic mass is 32.2. The molecule has 1 aliphatic carbocycles. The largest absolute Gasteiger partial charge is 0.364 e. The van der Waals surface area contributed by atoms with Crippen LogP contribution in [0.25, 0.3) is 5.57 Å². The Morgan fingerprint density at radius 2 is 1.92 bits per heavy atom. The van der Waals surface area contributed by atoms with Crippen molar-refractivity contribution in [1.82, 2.24) is 19.8 Å². The number of nitrogens with zero attached hydrogens (tertiary/aromatic N) is 3. The summed E-state index contributed by atoms with van der Waals surface area (Å²) < 4.78 is 28.2. The molecule has 0 saturated carbocycles. The number of carbonyl (C=O) groups is 2. The van der Waals surface area contributed by atoms with E-state index in [0.29, 0.717) is 12.2 Å². The number of amides is 3. The molecule has 2 aliphatic heterocycles. The summed E-state index contributed by atoms with van der Waals surface area (Å²) in [7, 11) is -3.89. The van der Waals surface area contributed by atoms with Crippen molar-refractivity contribution in [3.05, 3.63) is 65.2 Å². The summed E-state index contributed by atoms with van der Waals surface area (Å²) in [4.78, 5) is 30.0. The Balaban J connectivity index is 1.41. The zero-order chi connectivity index (χ0) is 26.2. The molecule has 3 aliphatic rings. The molecule has 37 heavy (non-hydrogen) atoms. The first kappa shape index (κ1) is 25.5. The Morgan fingerprint density at radius 3 is 2.65 bits per heavy atom. The van der Waals surface area contributed by atoms with Crippen LogP contribution in [-0.2, 0) is 14.8 Å². The number of carbonyl (C=O) groups excluding carboxylic acids is 2. The van der Waals surface area contributed by atoms with Gasteiger partial charge in [-0.3, -0.25) is 4.79 Å². The van der Waals surface area contributed by atoms with E-state index in [0.717, 1.165) is 35.4 Å². The average molecular weight is 542 g/mol. The van der Waals surface area contributed by atoms with Crippen LogP contribution in [0.15, 0.2) is 63.8 Å². The van der Waals surface area contributed by atoms with Crippen molar-refractivity contribution < 1.29 is 18.0 Å². The summed E-state index contributed by atoms with van der Waals surface area (Å²) in [5, 5.41) is 7.41. The van der Waals surface area contributed by atoms with E-state index in [1.807, 2.05) is 31.2 Å². The minimum atomic E-state index is -3.89. The van der Waals surface area contributed by atoms with Crippen molar-refractivity contribution in [2.24, 2.45) is 0 Å². The highest BCUT2D eigenvalue weighted by molar-refractivity contribution is 7.91. The molecule has 3 heterocycles. The summed E-state index contributed by atoms with van der Waals surface area (Å²) in [6.07, 6.45) is 4.71. The number of sulfonamides is 1. The molecule has 196 valence electrons. The monoisotopic (exact) mass is 541 g/mol. The van der Waals surface area contributed by atoms with Gasteiger partial charge in [-0.2, -0.15) is 4.31 Å². The van der Waals surface area contributed by atoms with Gasteiger partial charge in [0.15, 0.2) is 0 Å². The van der Waals surface area contributed by atoms with Crippen LogP contribution in [-0.4, -0.2) is 74.4 Å². The van der Waals surface area contributed by atoms with Crippen molar-refractivity contribution in [3.63, 3.8) is 0 Å². The van der Waals surface area contributed by atoms with Crippen LogP contribution in [0, 0.1) is 0 Å². The van der Waals surface area contributed by atoms with Crippen molar-refractivity contribution in [2.75, 3.05) is 37.6 Å². The molecule has 2 N–H and O–H groups in total. The normalized spacial score (nSPS) is 21.6. The summed E-state index contributed by atoms with van der Waals surface area (Å²) in [5.74, 6) is -0.450. The molecule has 1 saturated heterocycles. The first-order chi connectivity index (χ1) is 17.8. The molecular weight excluding hydrogens is 510 g/mol. The summed E-state index contributed by atoms with van der Waals surface area (Å²) in [6, 6.07) is 10.3. The molecule has 1 fully saturated rings. The van der Waals surface area contributed by atoms with Gasteiger partial charge in [-0.15, -0.1) is 11.3 Å². The van der Waals surface area contributed by atoms with E-state index in [4.69, 9.17) is 0 Å². The maximum absolute atomic E-state index is 13.6. The van der Waals surface area contributed by atoms with Gasteiger partial charge in [0.25, 0.3) is 10.0 Å². The molecule has 5 rings (SSSR count). The number of hydrogen-bond donors (Lipinski definition) is 2. The van der Waals surface area contributed by atoms with Crippen LogP contribution in [0.5, 0.6) is 0 Å². The van der Waals surface area contributed by atoms with E-state index in [-0.39, 0.29) is 35.9 Å². The number of urea groups is 1. The molecule has 2 atom stereocenters. The van der Waals surface area contributed by atoms with Crippen LogP contribution in [0.2, 0.25) is 0 Å². The van der Waals surface area contributed by atoms with E-state index in [1.54, 1.807) is 11.4 Å². The molecule has 0 radical (unpaired) electrons. The number of fused-ring (bicyclic) bond motifs is 3. The summed E-state index contributed by atoms with van der Waals surface area (Å²) in [6.45, 7) is 5.49. The second kappa shape index (κ2) is 10.3. The predicted octanol–water partition coefficient (Wildman–Crippen LogP) is 2.85. The minimum absolute atomic E-state index is 0.0266. The SMILES string of the molecule is CCNC(=O)N1CCN(S(=O)(=O)c2cccs2)C(C(=O)NC2=CCC3C(=C2)c2ccccc2N3CC)C1. The third-order valence-corrected chi connectivity index (χ3v) is 10.3. The van der Waals surface area contributed by atoms with Crippen molar-refractivity contribution in [1.29, 1.82) is 0 Å². The fourth-order valence-electron chi connectivity index (χ4n) is 5.32. The minimum Gasteiger partial charge on any atom is -0.364 e. The highest BCUT2D eigenvalue weighted by Gasteiger charge is 2.42. The van der Waals surface area contributed by atoms with Crippen LogP contribution >= 0.6 is 11.3 Å². The van der Waals surface area contributed by atoms with Crippen LogP contribution < -0.4 is 15.5 Å². The Morgan fingerprint density at radius 1 is 1.11 bits per heavy atom. The van der Waals surface area contributed by atoms with E-state index in [2.05, 4.69) is 34.6 Å². The van der Waals surface area contributed by atoms with Gasteiger partial charge < -0.3 is 20.4 Å². The quantitative estimate of drug-likeness (QED) is 0.586. The van der Waals surface area contributed by atoms with Gasteiger partial charge in [-0.05, 0) is 49.4 Å². The number of hydrogen-bond acceptors (Lipinski definition) is 6. The van der Waals surface area contributed by atoms with Gasteiger partial charge >= 0.3 is 6.03 Å². The number of para-hydroxylation sites is 1. The number of piperazine rings is 1. The number of nitrogens with one attached hydrogen (secondary N) is 2. The highest BCUT2D eigenvalue weighted by Crippen LogP contribution is 2.43. The molecule has 0 spiro atoms. The lowest BCUT2D eigenvalue weighted by molar-refractivity contribution is -0.125. The topological polar surface area (TPSA) is 102 Å². The smallest absolute Gasteiger partial charge is 0.317 e. The Kier molecular flexibility index (Phi) is 7.11.